The van der Waals surface area contributed by atoms with Crippen LogP contribution in [0.5, 0.6) is 0 Å². The average Bonchev–Trinajstić information content (AvgIpc) is 2.60. The summed E-state index contributed by atoms with van der Waals surface area (Å²) in [7, 11) is 1.94. The van der Waals surface area contributed by atoms with Gasteiger partial charge in [0, 0.05) is 19.2 Å². The molecule has 0 aromatic heterocycles. The van der Waals surface area contributed by atoms with Crippen molar-refractivity contribution < 1.29 is 13.9 Å². The molecule has 0 amide bonds. The SMILES string of the molecule is CCN(C)/C=N/c1cc(C)c(C(=O)OCc2ccccc2F)cc1C. The molecule has 132 valence electrons. The first-order chi connectivity index (χ1) is 11.9. The maximum absolute atomic E-state index is 13.6. The third-order valence-electron chi connectivity index (χ3n) is 3.97. The number of esters is 1. The topological polar surface area (TPSA) is 41.9 Å². The fraction of sp³-hybridized carbons (Fsp3) is 0.300. The van der Waals surface area contributed by atoms with Crippen LogP contribution in [0.2, 0.25) is 0 Å². The maximum Gasteiger partial charge on any atom is 0.338 e. The van der Waals surface area contributed by atoms with Crippen molar-refractivity contribution in [1.82, 2.24) is 4.90 Å². The number of hydrogen-bond acceptors (Lipinski definition) is 3. The van der Waals surface area contributed by atoms with Crippen molar-refractivity contribution in [3.05, 3.63) is 64.5 Å². The molecule has 0 saturated carbocycles. The molecule has 0 radical (unpaired) electrons. The van der Waals surface area contributed by atoms with Gasteiger partial charge in [0.25, 0.3) is 0 Å². The second-order valence-electron chi connectivity index (χ2n) is 5.94. The van der Waals surface area contributed by atoms with E-state index < -0.39 is 5.97 Å². The second-order valence-corrected chi connectivity index (χ2v) is 5.94. The van der Waals surface area contributed by atoms with E-state index in [1.807, 2.05) is 38.8 Å². The molecule has 0 spiro atoms. The average molecular weight is 342 g/mol. The Hall–Kier alpha value is -2.69. The Morgan fingerprint density at radius 2 is 1.96 bits per heavy atom. The molecule has 0 aliphatic heterocycles. The molecule has 0 unspecified atom stereocenters. The summed E-state index contributed by atoms with van der Waals surface area (Å²) in [6.07, 6.45) is 1.76. The largest absolute Gasteiger partial charge is 0.457 e. The minimum Gasteiger partial charge on any atom is -0.457 e. The first kappa shape index (κ1) is 18.6. The number of benzene rings is 2. The Morgan fingerprint density at radius 3 is 2.64 bits per heavy atom. The van der Waals surface area contributed by atoms with E-state index in [1.165, 1.54) is 6.07 Å². The Bertz CT molecular complexity index is 787. The zero-order valence-corrected chi connectivity index (χ0v) is 15.0. The molecule has 4 nitrogen and oxygen atoms in total. The van der Waals surface area contributed by atoms with Gasteiger partial charge in [-0.15, -0.1) is 0 Å². The van der Waals surface area contributed by atoms with Crippen LogP contribution in [0.25, 0.3) is 0 Å². The van der Waals surface area contributed by atoms with E-state index in [0.717, 1.165) is 23.4 Å². The Labute approximate surface area is 148 Å². The monoisotopic (exact) mass is 342 g/mol. The zero-order valence-electron chi connectivity index (χ0n) is 15.0. The van der Waals surface area contributed by atoms with Crippen LogP contribution in [0, 0.1) is 19.7 Å². The summed E-state index contributed by atoms with van der Waals surface area (Å²) < 4.78 is 18.9. The highest BCUT2D eigenvalue weighted by atomic mass is 19.1. The van der Waals surface area contributed by atoms with Crippen LogP contribution in [-0.2, 0) is 11.3 Å². The fourth-order valence-electron chi connectivity index (χ4n) is 2.24. The standard InChI is InChI=1S/C20H23FN2O2/c1-5-23(4)13-22-19-11-14(2)17(10-15(19)3)20(24)25-12-16-8-6-7-9-18(16)21/h6-11,13H,5,12H2,1-4H3/b22-13+. The fourth-order valence-corrected chi connectivity index (χ4v) is 2.24. The summed E-state index contributed by atoms with van der Waals surface area (Å²) in [6, 6.07) is 9.87. The molecule has 0 fully saturated rings. The number of aliphatic imine (C=N–C) groups is 1. The summed E-state index contributed by atoms with van der Waals surface area (Å²) in [5.74, 6) is -0.849. The van der Waals surface area contributed by atoms with Crippen LogP contribution >= 0.6 is 0 Å². The van der Waals surface area contributed by atoms with Crippen LogP contribution in [0.4, 0.5) is 10.1 Å². The van der Waals surface area contributed by atoms with Gasteiger partial charge in [0.2, 0.25) is 0 Å². The van der Waals surface area contributed by atoms with Crippen molar-refractivity contribution in [3.8, 4) is 0 Å². The Kier molecular flexibility index (Phi) is 6.28. The van der Waals surface area contributed by atoms with E-state index in [4.69, 9.17) is 4.74 Å². The summed E-state index contributed by atoms with van der Waals surface area (Å²) in [4.78, 5) is 18.7. The molecule has 2 aromatic carbocycles. The van der Waals surface area contributed by atoms with Crippen LogP contribution in [0.15, 0.2) is 41.4 Å². The predicted molar refractivity (Wildman–Crippen MR) is 97.9 cm³/mol. The van der Waals surface area contributed by atoms with Gasteiger partial charge in [-0.3, -0.25) is 0 Å². The summed E-state index contributed by atoms with van der Waals surface area (Å²) in [5.41, 5.74) is 3.29. The number of halogens is 1. The molecular weight excluding hydrogens is 319 g/mol. The van der Waals surface area contributed by atoms with Gasteiger partial charge >= 0.3 is 5.97 Å². The molecule has 0 aliphatic carbocycles. The lowest BCUT2D eigenvalue weighted by atomic mass is 10.0. The highest BCUT2D eigenvalue weighted by Gasteiger charge is 2.14. The first-order valence-corrected chi connectivity index (χ1v) is 8.18. The van der Waals surface area contributed by atoms with Crippen LogP contribution in [-0.4, -0.2) is 30.8 Å². The van der Waals surface area contributed by atoms with Crippen LogP contribution in [0.3, 0.4) is 0 Å². The number of ether oxygens (including phenoxy) is 1. The Morgan fingerprint density at radius 1 is 1.24 bits per heavy atom. The second kappa shape index (κ2) is 8.42. The number of rotatable bonds is 6. The quantitative estimate of drug-likeness (QED) is 0.443. The molecule has 0 N–H and O–H groups in total. The number of nitrogens with zero attached hydrogens (tertiary/aromatic N) is 2. The lowest BCUT2D eigenvalue weighted by Crippen LogP contribution is -2.14. The van der Waals surface area contributed by atoms with Gasteiger partial charge in [0.1, 0.15) is 12.4 Å². The molecule has 2 aromatic rings. The number of hydrogen-bond donors (Lipinski definition) is 0. The van der Waals surface area contributed by atoms with Crippen LogP contribution in [0.1, 0.15) is 34.0 Å². The normalized spacial score (nSPS) is 10.9. The van der Waals surface area contributed by atoms with E-state index in [9.17, 15) is 9.18 Å². The highest BCUT2D eigenvalue weighted by Crippen LogP contribution is 2.24. The molecule has 2 rings (SSSR count). The lowest BCUT2D eigenvalue weighted by Gasteiger charge is -2.12. The minimum absolute atomic E-state index is 0.0921. The summed E-state index contributed by atoms with van der Waals surface area (Å²) in [5, 5.41) is 0. The third kappa shape index (κ3) is 4.89. The Balaban J connectivity index is 2.13. The molecular formula is C20H23FN2O2. The molecule has 0 heterocycles. The van der Waals surface area contributed by atoms with Gasteiger partial charge in [0.05, 0.1) is 17.6 Å². The van der Waals surface area contributed by atoms with Gasteiger partial charge < -0.3 is 9.64 Å². The zero-order chi connectivity index (χ0) is 18.4. The lowest BCUT2D eigenvalue weighted by molar-refractivity contribution is 0.0468. The van der Waals surface area contributed by atoms with Gasteiger partial charge in [-0.2, -0.15) is 0 Å². The molecule has 0 bridgehead atoms. The molecule has 0 saturated heterocycles. The predicted octanol–water partition coefficient (Wildman–Crippen LogP) is 4.41. The van der Waals surface area contributed by atoms with Crippen LogP contribution < -0.4 is 0 Å². The van der Waals surface area contributed by atoms with E-state index in [2.05, 4.69) is 4.99 Å². The maximum atomic E-state index is 13.6. The van der Waals surface area contributed by atoms with Crippen molar-refractivity contribution in [2.45, 2.75) is 27.4 Å². The van der Waals surface area contributed by atoms with Gasteiger partial charge in [-0.25, -0.2) is 14.2 Å². The van der Waals surface area contributed by atoms with Crippen molar-refractivity contribution in [2.24, 2.45) is 4.99 Å². The van der Waals surface area contributed by atoms with E-state index in [1.54, 1.807) is 30.6 Å². The van der Waals surface area contributed by atoms with Crippen molar-refractivity contribution in [1.29, 1.82) is 0 Å². The van der Waals surface area contributed by atoms with E-state index in [0.29, 0.717) is 11.1 Å². The number of aryl methyl sites for hydroxylation is 2. The summed E-state index contributed by atoms with van der Waals surface area (Å²) in [6.45, 7) is 6.54. The van der Waals surface area contributed by atoms with E-state index >= 15 is 0 Å². The molecule has 25 heavy (non-hydrogen) atoms. The van der Waals surface area contributed by atoms with Crippen molar-refractivity contribution in [3.63, 3.8) is 0 Å². The summed E-state index contributed by atoms with van der Waals surface area (Å²) >= 11 is 0. The van der Waals surface area contributed by atoms with E-state index in [-0.39, 0.29) is 12.4 Å². The van der Waals surface area contributed by atoms with Gasteiger partial charge in [-0.05, 0) is 50.1 Å². The van der Waals surface area contributed by atoms with Crippen molar-refractivity contribution in [2.75, 3.05) is 13.6 Å². The smallest absolute Gasteiger partial charge is 0.338 e. The number of carbonyl (C=O) groups excluding carboxylic acids is 1. The molecule has 0 atom stereocenters. The van der Waals surface area contributed by atoms with Gasteiger partial charge in [0.15, 0.2) is 0 Å². The van der Waals surface area contributed by atoms with Crippen molar-refractivity contribution >= 4 is 18.0 Å². The minimum atomic E-state index is -0.468. The first-order valence-electron chi connectivity index (χ1n) is 8.18. The highest BCUT2D eigenvalue weighted by molar-refractivity contribution is 5.92. The molecule has 0 aliphatic rings. The van der Waals surface area contributed by atoms with Gasteiger partial charge in [-0.1, -0.05) is 18.2 Å². The third-order valence-corrected chi connectivity index (χ3v) is 3.97. The molecule has 5 heteroatoms. The number of carbonyl (C=O) groups is 1.